The van der Waals surface area contributed by atoms with Crippen molar-refractivity contribution in [1.29, 1.82) is 0 Å². The zero-order valence-corrected chi connectivity index (χ0v) is 12.1. The van der Waals surface area contributed by atoms with E-state index in [0.29, 0.717) is 0 Å². The maximum atomic E-state index is 11.2. The highest BCUT2D eigenvalue weighted by Crippen LogP contribution is 2.59. The summed E-state index contributed by atoms with van der Waals surface area (Å²) in [4.78, 5) is 47.1. The SMILES string of the molecule is O=C(O)[C@H](Cc1ccc(O)cc1)N(P(=O)(O)O)P(=O)(O)O. The number of carboxylic acid groups (broad SMARTS) is 1. The predicted molar refractivity (Wildman–Crippen MR) is 69.2 cm³/mol. The topological polar surface area (TPSA) is 176 Å². The molecular weight excluding hydrogens is 328 g/mol. The average molecular weight is 341 g/mol. The van der Waals surface area contributed by atoms with Crippen molar-refractivity contribution in [2.45, 2.75) is 12.5 Å². The number of phenols is 1. The van der Waals surface area contributed by atoms with Gasteiger partial charge in [-0.25, -0.2) is 9.13 Å². The number of rotatable bonds is 6. The van der Waals surface area contributed by atoms with Crippen molar-refractivity contribution in [2.75, 3.05) is 0 Å². The van der Waals surface area contributed by atoms with Gasteiger partial charge in [0, 0.05) is 0 Å². The highest BCUT2D eigenvalue weighted by molar-refractivity contribution is 7.65. The Hall–Kier alpha value is -1.25. The van der Waals surface area contributed by atoms with Gasteiger partial charge in [0.25, 0.3) is 0 Å². The lowest BCUT2D eigenvalue weighted by Crippen LogP contribution is -2.38. The third-order valence-electron chi connectivity index (χ3n) is 2.46. The molecule has 0 amide bonds. The largest absolute Gasteiger partial charge is 0.508 e. The molecule has 1 atom stereocenters. The Labute approximate surface area is 118 Å². The number of hydrogen-bond acceptors (Lipinski definition) is 4. The summed E-state index contributed by atoms with van der Waals surface area (Å²) in [6.07, 6.45) is -0.578. The number of hydrogen-bond donors (Lipinski definition) is 6. The van der Waals surface area contributed by atoms with Crippen molar-refractivity contribution in [2.24, 2.45) is 0 Å². The molecule has 0 fully saturated rings. The number of phenolic OH excluding ortho intramolecular Hbond substituents is 1. The van der Waals surface area contributed by atoms with Crippen molar-refractivity contribution in [3.8, 4) is 5.75 Å². The Balaban J connectivity index is 3.21. The molecule has 10 nitrogen and oxygen atoms in total. The van der Waals surface area contributed by atoms with Crippen molar-refractivity contribution >= 4 is 21.5 Å². The van der Waals surface area contributed by atoms with Crippen LogP contribution in [0.15, 0.2) is 24.3 Å². The molecule has 0 aliphatic rings. The van der Waals surface area contributed by atoms with Gasteiger partial charge < -0.3 is 29.8 Å². The maximum Gasteiger partial charge on any atom is 0.413 e. The van der Waals surface area contributed by atoms with Crippen LogP contribution in [0.25, 0.3) is 0 Å². The number of aromatic hydroxyl groups is 1. The second-order valence-corrected chi connectivity index (χ2v) is 7.30. The standard InChI is InChI=1S/C9H13NO9P2/c11-7-3-1-6(2-4-7)5-8(9(12)13)10(20(14,15)16)21(17,18)19/h1-4,8,11H,5H2,(H,12,13)(H2,14,15,16)(H2,17,18,19)/t8-/m0/s1. The predicted octanol–water partition coefficient (Wildman–Crippen LogP) is -0.125. The summed E-state index contributed by atoms with van der Waals surface area (Å²) in [6.45, 7) is 0. The molecule has 118 valence electrons. The number of aliphatic carboxylic acids is 1. The number of carboxylic acids is 1. The number of nitrogens with zero attached hydrogens (tertiary/aromatic N) is 1. The van der Waals surface area contributed by atoms with Gasteiger partial charge in [0.05, 0.1) is 0 Å². The summed E-state index contributed by atoms with van der Waals surface area (Å²) in [6, 6.07) is 2.79. The van der Waals surface area contributed by atoms with Crippen molar-refractivity contribution in [3.05, 3.63) is 29.8 Å². The van der Waals surface area contributed by atoms with E-state index in [0.717, 1.165) is 0 Å². The lowest BCUT2D eigenvalue weighted by atomic mass is 10.1. The average Bonchev–Trinajstić information content (AvgIpc) is 2.27. The fourth-order valence-electron chi connectivity index (χ4n) is 1.64. The summed E-state index contributed by atoms with van der Waals surface area (Å²) < 4.78 is 21.8. The molecule has 0 saturated carbocycles. The van der Waals surface area contributed by atoms with Crippen LogP contribution in [0.2, 0.25) is 0 Å². The van der Waals surface area contributed by atoms with Gasteiger partial charge >= 0.3 is 21.5 Å². The fraction of sp³-hybridized carbons (Fsp3) is 0.222. The molecule has 0 bridgehead atoms. The van der Waals surface area contributed by atoms with Gasteiger partial charge in [-0.3, -0.25) is 4.79 Å². The molecule has 0 radical (unpaired) electrons. The van der Waals surface area contributed by atoms with Gasteiger partial charge in [0.2, 0.25) is 0 Å². The van der Waals surface area contributed by atoms with E-state index in [2.05, 4.69) is 0 Å². The van der Waals surface area contributed by atoms with Crippen LogP contribution in [0.3, 0.4) is 0 Å². The molecule has 21 heavy (non-hydrogen) atoms. The first kappa shape index (κ1) is 17.8. The number of benzene rings is 1. The van der Waals surface area contributed by atoms with E-state index in [1.165, 1.54) is 24.3 Å². The Bertz CT molecular complexity index is 582. The molecule has 0 unspecified atom stereocenters. The second kappa shape index (κ2) is 6.25. The number of carbonyl (C=O) groups is 1. The van der Waals surface area contributed by atoms with Crippen LogP contribution < -0.4 is 0 Å². The molecule has 0 saturated heterocycles. The summed E-state index contributed by atoms with van der Waals surface area (Å²) in [5.41, 5.74) is 0.215. The van der Waals surface area contributed by atoms with Crippen molar-refractivity contribution in [3.63, 3.8) is 0 Å². The van der Waals surface area contributed by atoms with E-state index in [-0.39, 0.29) is 11.3 Å². The highest BCUT2D eigenvalue weighted by Gasteiger charge is 2.48. The lowest BCUT2D eigenvalue weighted by molar-refractivity contribution is -0.141. The molecular formula is C9H13NO9P2. The molecule has 1 aromatic rings. The van der Waals surface area contributed by atoms with Crippen LogP contribution in [0.4, 0.5) is 0 Å². The van der Waals surface area contributed by atoms with Gasteiger partial charge in [0.15, 0.2) is 0 Å². The zero-order valence-electron chi connectivity index (χ0n) is 10.3. The van der Waals surface area contributed by atoms with Crippen LogP contribution in [0.1, 0.15) is 5.56 Å². The van der Waals surface area contributed by atoms with Crippen LogP contribution in [-0.4, -0.2) is 46.2 Å². The molecule has 1 rings (SSSR count). The van der Waals surface area contributed by atoms with Gasteiger partial charge in [-0.05, 0) is 24.1 Å². The minimum Gasteiger partial charge on any atom is -0.508 e. The first-order chi connectivity index (χ1) is 9.43. The molecule has 0 aliphatic carbocycles. The lowest BCUT2D eigenvalue weighted by Gasteiger charge is -2.28. The van der Waals surface area contributed by atoms with Gasteiger partial charge in [-0.15, -0.1) is 0 Å². The third kappa shape index (κ3) is 4.90. The monoisotopic (exact) mass is 341 g/mol. The van der Waals surface area contributed by atoms with Crippen LogP contribution in [0.5, 0.6) is 5.75 Å². The van der Waals surface area contributed by atoms with Gasteiger partial charge in [-0.1, -0.05) is 16.6 Å². The molecule has 6 N–H and O–H groups in total. The van der Waals surface area contributed by atoms with E-state index >= 15 is 0 Å². The summed E-state index contributed by atoms with van der Waals surface area (Å²) in [7, 11) is -11.0. The first-order valence-electron chi connectivity index (χ1n) is 5.35. The molecule has 0 spiro atoms. The highest BCUT2D eigenvalue weighted by atomic mass is 31.3. The maximum absolute atomic E-state index is 11.2. The van der Waals surface area contributed by atoms with Crippen molar-refractivity contribution < 1.29 is 43.7 Å². The Morgan fingerprint density at radius 2 is 1.48 bits per heavy atom. The Morgan fingerprint density at radius 1 is 1.05 bits per heavy atom. The quantitative estimate of drug-likeness (QED) is 0.382. The zero-order chi connectivity index (χ0) is 16.4. The van der Waals surface area contributed by atoms with E-state index in [4.69, 9.17) is 29.8 Å². The fourth-order valence-corrected chi connectivity index (χ4v) is 3.94. The third-order valence-corrected chi connectivity index (χ3v) is 5.49. The Kier molecular flexibility index (Phi) is 5.30. The van der Waals surface area contributed by atoms with E-state index < -0.39 is 38.4 Å². The summed E-state index contributed by atoms with van der Waals surface area (Å²) in [5.74, 6) is -1.93. The van der Waals surface area contributed by atoms with Crippen LogP contribution in [-0.2, 0) is 20.3 Å². The molecule has 12 heteroatoms. The molecule has 0 aliphatic heterocycles. The summed E-state index contributed by atoms with van der Waals surface area (Å²) >= 11 is 0. The Morgan fingerprint density at radius 3 is 1.81 bits per heavy atom. The van der Waals surface area contributed by atoms with E-state index in [1.807, 2.05) is 0 Å². The second-order valence-electron chi connectivity index (χ2n) is 4.07. The van der Waals surface area contributed by atoms with Crippen molar-refractivity contribution in [1.82, 2.24) is 4.44 Å². The molecule has 0 heterocycles. The van der Waals surface area contributed by atoms with Gasteiger partial charge in [-0.2, -0.15) is 0 Å². The van der Waals surface area contributed by atoms with Crippen LogP contribution >= 0.6 is 15.5 Å². The van der Waals surface area contributed by atoms with Gasteiger partial charge in [0.1, 0.15) is 11.8 Å². The summed E-state index contributed by atoms with van der Waals surface area (Å²) in [5, 5.41) is 18.1. The normalized spacial score (nSPS) is 14.1. The minimum atomic E-state index is -5.51. The smallest absolute Gasteiger partial charge is 0.413 e. The molecule has 0 aromatic heterocycles. The van der Waals surface area contributed by atoms with E-state index in [9.17, 15) is 13.9 Å². The first-order valence-corrected chi connectivity index (χ1v) is 8.48. The molecule has 1 aromatic carbocycles. The van der Waals surface area contributed by atoms with Crippen LogP contribution in [0, 0.1) is 0 Å². The van der Waals surface area contributed by atoms with E-state index in [1.54, 1.807) is 0 Å². The minimum absolute atomic E-state index is 0.118.